The number of hydrogen-bond donors (Lipinski definition) is 3. The monoisotopic (exact) mass is 572 g/mol. The Morgan fingerprint density at radius 2 is 1.91 bits per heavy atom. The highest BCUT2D eigenvalue weighted by Gasteiger charge is 2.40. The van der Waals surface area contributed by atoms with Gasteiger partial charge in [-0.1, -0.05) is 39.8 Å². The van der Waals surface area contributed by atoms with Crippen LogP contribution in [-0.4, -0.2) is 64.9 Å². The van der Waals surface area contributed by atoms with Crippen LogP contribution in [0.15, 0.2) is 35.9 Å². The third-order valence-electron chi connectivity index (χ3n) is 5.56. The highest BCUT2D eigenvalue weighted by Crippen LogP contribution is 2.30. The maximum atomic E-state index is 13.2. The topological polar surface area (TPSA) is 99.1 Å². The lowest BCUT2D eigenvalue weighted by molar-refractivity contribution is -0.139. The number of halogens is 1. The Labute approximate surface area is 210 Å². The number of rotatable bonds is 11. The number of nitrogens with zero attached hydrogens (tertiary/aromatic N) is 1. The molecule has 2 amide bonds. The molecule has 1 aliphatic carbocycles. The first-order valence-corrected chi connectivity index (χ1v) is 12.7. The SMILES string of the molecule is CC(C)CCN(C(=O)CC(C)C)C1CC(C(=O)NCCO)=CC(Oc2ccccc2I)C1O. The summed E-state index contributed by atoms with van der Waals surface area (Å²) in [5, 5.41) is 23.1. The van der Waals surface area contributed by atoms with E-state index in [1.807, 2.05) is 38.1 Å². The normalized spacial score (nSPS) is 20.5. The summed E-state index contributed by atoms with van der Waals surface area (Å²) in [5.74, 6) is 0.829. The molecule has 33 heavy (non-hydrogen) atoms. The second-order valence-corrected chi connectivity index (χ2v) is 10.5. The zero-order chi connectivity index (χ0) is 24.5. The van der Waals surface area contributed by atoms with Gasteiger partial charge in [0.05, 0.1) is 16.2 Å². The van der Waals surface area contributed by atoms with Crippen LogP contribution in [0, 0.1) is 15.4 Å². The van der Waals surface area contributed by atoms with Crippen molar-refractivity contribution in [2.75, 3.05) is 19.7 Å². The van der Waals surface area contributed by atoms with Crippen LogP contribution in [0.3, 0.4) is 0 Å². The van der Waals surface area contributed by atoms with E-state index in [1.165, 1.54) is 0 Å². The fourth-order valence-electron chi connectivity index (χ4n) is 3.81. The quantitative estimate of drug-likeness (QED) is 0.354. The predicted octanol–water partition coefficient (Wildman–Crippen LogP) is 3.13. The average molecular weight is 572 g/mol. The van der Waals surface area contributed by atoms with Crippen LogP contribution >= 0.6 is 22.6 Å². The summed E-state index contributed by atoms with van der Waals surface area (Å²) in [6.45, 7) is 8.65. The molecule has 1 aromatic rings. The van der Waals surface area contributed by atoms with Crippen molar-refractivity contribution >= 4 is 34.4 Å². The van der Waals surface area contributed by atoms with Crippen LogP contribution in [0.2, 0.25) is 0 Å². The lowest BCUT2D eigenvalue weighted by atomic mass is 9.87. The van der Waals surface area contributed by atoms with Gasteiger partial charge < -0.3 is 25.2 Å². The van der Waals surface area contributed by atoms with Crippen LogP contribution in [0.5, 0.6) is 5.75 Å². The van der Waals surface area contributed by atoms with Gasteiger partial charge in [0.25, 0.3) is 0 Å². The van der Waals surface area contributed by atoms with E-state index in [2.05, 4.69) is 41.8 Å². The number of nitrogens with one attached hydrogen (secondary N) is 1. The van der Waals surface area contributed by atoms with E-state index in [1.54, 1.807) is 11.0 Å². The molecule has 0 saturated heterocycles. The molecule has 0 fully saturated rings. The number of amides is 2. The second kappa shape index (κ2) is 13.3. The van der Waals surface area contributed by atoms with E-state index in [0.29, 0.717) is 30.2 Å². The Bertz CT molecular complexity index is 827. The van der Waals surface area contributed by atoms with Crippen molar-refractivity contribution in [1.29, 1.82) is 0 Å². The molecule has 1 aliphatic rings. The molecule has 3 unspecified atom stereocenters. The molecule has 3 N–H and O–H groups in total. The molecule has 7 nitrogen and oxygen atoms in total. The Kier molecular flexibility index (Phi) is 11.1. The van der Waals surface area contributed by atoms with E-state index < -0.39 is 18.2 Å². The van der Waals surface area contributed by atoms with Crippen LogP contribution < -0.4 is 10.1 Å². The van der Waals surface area contributed by atoms with Crippen LogP contribution in [0.4, 0.5) is 0 Å². The fourth-order valence-corrected chi connectivity index (χ4v) is 4.32. The van der Waals surface area contributed by atoms with Crippen LogP contribution in [-0.2, 0) is 9.59 Å². The summed E-state index contributed by atoms with van der Waals surface area (Å²) >= 11 is 2.16. The minimum absolute atomic E-state index is 0.0280. The fraction of sp³-hybridized carbons (Fsp3) is 0.600. The van der Waals surface area contributed by atoms with E-state index in [0.717, 1.165) is 9.99 Å². The third kappa shape index (κ3) is 8.26. The highest BCUT2D eigenvalue weighted by molar-refractivity contribution is 14.1. The number of aliphatic hydroxyl groups excluding tert-OH is 2. The summed E-state index contributed by atoms with van der Waals surface area (Å²) in [6, 6.07) is 6.89. The van der Waals surface area contributed by atoms with Gasteiger partial charge in [0.2, 0.25) is 11.8 Å². The summed E-state index contributed by atoms with van der Waals surface area (Å²) in [7, 11) is 0. The smallest absolute Gasteiger partial charge is 0.247 e. The Morgan fingerprint density at radius 3 is 2.52 bits per heavy atom. The summed E-state index contributed by atoms with van der Waals surface area (Å²) < 4.78 is 7.03. The minimum atomic E-state index is -0.987. The van der Waals surface area contributed by atoms with Gasteiger partial charge in [-0.2, -0.15) is 0 Å². The maximum Gasteiger partial charge on any atom is 0.247 e. The summed E-state index contributed by atoms with van der Waals surface area (Å²) in [6.07, 6.45) is 1.27. The van der Waals surface area contributed by atoms with Gasteiger partial charge >= 0.3 is 0 Å². The van der Waals surface area contributed by atoms with Gasteiger partial charge in [0.1, 0.15) is 18.0 Å². The van der Waals surface area contributed by atoms with Crippen LogP contribution in [0.1, 0.15) is 47.0 Å². The average Bonchev–Trinajstić information content (AvgIpc) is 2.75. The van der Waals surface area contributed by atoms with E-state index in [4.69, 9.17) is 9.84 Å². The van der Waals surface area contributed by atoms with Gasteiger partial charge in [0, 0.05) is 31.5 Å². The summed E-state index contributed by atoms with van der Waals surface area (Å²) in [5.41, 5.74) is 0.446. The molecular weight excluding hydrogens is 535 g/mol. The van der Waals surface area contributed by atoms with Crippen molar-refractivity contribution in [3.05, 3.63) is 39.5 Å². The number of hydrogen-bond acceptors (Lipinski definition) is 5. The molecule has 0 bridgehead atoms. The van der Waals surface area contributed by atoms with Gasteiger partial charge in [-0.15, -0.1) is 0 Å². The van der Waals surface area contributed by atoms with Crippen LogP contribution in [0.25, 0.3) is 0 Å². The maximum absolute atomic E-state index is 13.2. The number of para-hydroxylation sites is 1. The van der Waals surface area contributed by atoms with Gasteiger partial charge in [-0.25, -0.2) is 0 Å². The lowest BCUT2D eigenvalue weighted by Gasteiger charge is -2.41. The number of ether oxygens (including phenoxy) is 1. The first-order valence-electron chi connectivity index (χ1n) is 11.6. The molecule has 0 aliphatic heterocycles. The highest BCUT2D eigenvalue weighted by atomic mass is 127. The molecule has 1 aromatic carbocycles. The largest absolute Gasteiger partial charge is 0.482 e. The van der Waals surface area contributed by atoms with Gasteiger partial charge in [-0.3, -0.25) is 9.59 Å². The first kappa shape index (κ1) is 27.6. The standard InChI is InChI=1S/C25H37IN2O5/c1-16(2)9-11-28(23(30)13-17(3)4)20-14-18(25(32)27-10-12-29)15-22(24(20)31)33-21-8-6-5-7-19(21)26/h5-8,15-17,20,22,24,29,31H,9-14H2,1-4H3,(H,27,32). The van der Waals surface area contributed by atoms with Crippen molar-refractivity contribution in [2.24, 2.45) is 11.8 Å². The molecule has 0 radical (unpaired) electrons. The van der Waals surface area contributed by atoms with E-state index in [9.17, 15) is 14.7 Å². The van der Waals surface area contributed by atoms with Crippen molar-refractivity contribution in [1.82, 2.24) is 10.2 Å². The molecule has 3 atom stereocenters. The van der Waals surface area contributed by atoms with E-state index >= 15 is 0 Å². The first-order chi connectivity index (χ1) is 15.6. The van der Waals surface area contributed by atoms with E-state index in [-0.39, 0.29) is 37.3 Å². The Morgan fingerprint density at radius 1 is 1.21 bits per heavy atom. The molecular formula is C25H37IN2O5. The van der Waals surface area contributed by atoms with Crippen molar-refractivity contribution < 1.29 is 24.5 Å². The van der Waals surface area contributed by atoms with Crippen molar-refractivity contribution in [3.8, 4) is 5.75 Å². The molecule has 0 saturated carbocycles. The molecule has 0 spiro atoms. The van der Waals surface area contributed by atoms with Gasteiger partial charge in [0.15, 0.2) is 0 Å². The molecule has 0 heterocycles. The van der Waals surface area contributed by atoms with Crippen molar-refractivity contribution in [2.45, 2.75) is 65.2 Å². The molecule has 8 heteroatoms. The number of carbonyl (C=O) groups excluding carboxylic acids is 2. The van der Waals surface area contributed by atoms with Crippen molar-refractivity contribution in [3.63, 3.8) is 0 Å². The van der Waals surface area contributed by atoms with Gasteiger partial charge in [-0.05, 0) is 59.1 Å². The Balaban J connectivity index is 2.39. The molecule has 2 rings (SSSR count). The zero-order valence-corrected chi connectivity index (χ0v) is 22.1. The third-order valence-corrected chi connectivity index (χ3v) is 6.46. The second-order valence-electron chi connectivity index (χ2n) is 9.31. The molecule has 0 aromatic heterocycles. The number of benzene rings is 1. The zero-order valence-electron chi connectivity index (χ0n) is 20.0. The lowest BCUT2D eigenvalue weighted by Crippen LogP contribution is -2.55. The number of carbonyl (C=O) groups is 2. The Hall–Kier alpha value is -1.65. The molecule has 184 valence electrons. The minimum Gasteiger partial charge on any atom is -0.482 e. The number of aliphatic hydroxyl groups is 2. The predicted molar refractivity (Wildman–Crippen MR) is 137 cm³/mol. The summed E-state index contributed by atoms with van der Waals surface area (Å²) in [4.78, 5) is 27.7.